The lowest BCUT2D eigenvalue weighted by Crippen LogP contribution is -2.32. The van der Waals surface area contributed by atoms with Crippen LogP contribution in [0.2, 0.25) is 0 Å². The number of hydrogen-bond acceptors (Lipinski definition) is 4. The van der Waals surface area contributed by atoms with Gasteiger partial charge in [-0.1, -0.05) is 18.2 Å². The summed E-state index contributed by atoms with van der Waals surface area (Å²) in [6.45, 7) is 0.703. The Morgan fingerprint density at radius 1 is 1.19 bits per heavy atom. The molecule has 1 fully saturated rings. The number of para-hydroxylation sites is 1. The summed E-state index contributed by atoms with van der Waals surface area (Å²) in [6.07, 6.45) is 1.49. The fourth-order valence-electron chi connectivity index (χ4n) is 3.28. The van der Waals surface area contributed by atoms with Gasteiger partial charge in [-0.2, -0.15) is 0 Å². The number of thioether (sulfide) groups is 1. The fourth-order valence-corrected chi connectivity index (χ4v) is 4.39. The van der Waals surface area contributed by atoms with Gasteiger partial charge in [-0.15, -0.1) is 11.8 Å². The number of hydrogen-bond donors (Lipinski definition) is 2. The van der Waals surface area contributed by atoms with Gasteiger partial charge < -0.3 is 15.5 Å². The summed E-state index contributed by atoms with van der Waals surface area (Å²) in [5.74, 6) is -0.287. The van der Waals surface area contributed by atoms with Crippen LogP contribution in [0.1, 0.15) is 19.3 Å². The first-order chi connectivity index (χ1) is 13.1. The standard InChI is InChI=1S/C20H19N3O3S/c24-18(12-17-20(26)22-15-7-1-2-8-16(15)27-17)21-13-5-3-6-14(11-13)23-10-4-9-19(23)25/h1-3,5-8,11,17H,4,9-10,12H2,(H,21,24)(H,22,26)/t17-/m0/s1. The average molecular weight is 381 g/mol. The predicted molar refractivity (Wildman–Crippen MR) is 106 cm³/mol. The van der Waals surface area contributed by atoms with Crippen molar-refractivity contribution < 1.29 is 14.4 Å². The van der Waals surface area contributed by atoms with Gasteiger partial charge in [0.25, 0.3) is 0 Å². The minimum Gasteiger partial charge on any atom is -0.326 e. The number of amides is 3. The number of rotatable bonds is 4. The van der Waals surface area contributed by atoms with Crippen molar-refractivity contribution >= 4 is 46.5 Å². The molecule has 0 bridgehead atoms. The highest BCUT2D eigenvalue weighted by Gasteiger charge is 2.29. The van der Waals surface area contributed by atoms with E-state index >= 15 is 0 Å². The molecule has 138 valence electrons. The first kappa shape index (κ1) is 17.6. The molecule has 0 aliphatic carbocycles. The second-order valence-electron chi connectivity index (χ2n) is 6.54. The van der Waals surface area contributed by atoms with Crippen molar-refractivity contribution in [2.45, 2.75) is 29.4 Å². The van der Waals surface area contributed by atoms with Crippen molar-refractivity contribution in [1.82, 2.24) is 0 Å². The van der Waals surface area contributed by atoms with Crippen LogP contribution < -0.4 is 15.5 Å². The Hall–Kier alpha value is -2.80. The molecule has 4 rings (SSSR count). The van der Waals surface area contributed by atoms with E-state index in [1.54, 1.807) is 17.0 Å². The number of carbonyl (C=O) groups is 3. The van der Waals surface area contributed by atoms with Crippen molar-refractivity contribution in [3.63, 3.8) is 0 Å². The molecule has 1 saturated heterocycles. The number of benzene rings is 2. The van der Waals surface area contributed by atoms with Gasteiger partial charge in [-0.25, -0.2) is 0 Å². The molecule has 0 saturated carbocycles. The van der Waals surface area contributed by atoms with Gasteiger partial charge in [0.05, 0.1) is 10.9 Å². The Bertz CT molecular complexity index is 915. The highest BCUT2D eigenvalue weighted by molar-refractivity contribution is 8.01. The number of anilines is 3. The zero-order chi connectivity index (χ0) is 18.8. The van der Waals surface area contributed by atoms with E-state index in [1.807, 2.05) is 36.4 Å². The molecule has 1 atom stereocenters. The minimum atomic E-state index is -0.469. The van der Waals surface area contributed by atoms with E-state index in [2.05, 4.69) is 10.6 Å². The maximum atomic E-state index is 12.5. The maximum absolute atomic E-state index is 12.5. The molecule has 0 aromatic heterocycles. The van der Waals surface area contributed by atoms with Crippen molar-refractivity contribution in [2.24, 2.45) is 0 Å². The van der Waals surface area contributed by atoms with Gasteiger partial charge >= 0.3 is 0 Å². The third kappa shape index (κ3) is 3.83. The topological polar surface area (TPSA) is 78.5 Å². The molecule has 6 nitrogen and oxygen atoms in total. The molecular formula is C20H19N3O3S. The van der Waals surface area contributed by atoms with E-state index in [9.17, 15) is 14.4 Å². The zero-order valence-corrected chi connectivity index (χ0v) is 15.4. The second-order valence-corrected chi connectivity index (χ2v) is 7.79. The van der Waals surface area contributed by atoms with Crippen molar-refractivity contribution in [2.75, 3.05) is 22.1 Å². The Morgan fingerprint density at radius 2 is 2.04 bits per heavy atom. The fraction of sp³-hybridized carbons (Fsp3) is 0.250. The summed E-state index contributed by atoms with van der Waals surface area (Å²) in [5, 5.41) is 5.22. The molecule has 0 radical (unpaired) electrons. The average Bonchev–Trinajstić information content (AvgIpc) is 3.08. The molecular weight excluding hydrogens is 362 g/mol. The summed E-state index contributed by atoms with van der Waals surface area (Å²) in [6, 6.07) is 14.8. The van der Waals surface area contributed by atoms with E-state index in [1.165, 1.54) is 11.8 Å². The van der Waals surface area contributed by atoms with Gasteiger partial charge in [0.1, 0.15) is 0 Å². The lowest BCUT2D eigenvalue weighted by molar-refractivity contribution is -0.120. The van der Waals surface area contributed by atoms with E-state index in [0.717, 1.165) is 22.7 Å². The zero-order valence-electron chi connectivity index (χ0n) is 14.6. The second kappa shape index (κ2) is 7.44. The molecule has 3 amide bonds. The Morgan fingerprint density at radius 3 is 2.85 bits per heavy atom. The molecule has 2 N–H and O–H groups in total. The van der Waals surface area contributed by atoms with Crippen LogP contribution in [0, 0.1) is 0 Å². The number of fused-ring (bicyclic) bond motifs is 1. The molecule has 2 aromatic rings. The van der Waals surface area contributed by atoms with E-state index in [-0.39, 0.29) is 24.1 Å². The van der Waals surface area contributed by atoms with Crippen LogP contribution in [-0.2, 0) is 14.4 Å². The summed E-state index contributed by atoms with van der Waals surface area (Å²) >= 11 is 1.40. The van der Waals surface area contributed by atoms with Gasteiger partial charge in [0.2, 0.25) is 17.7 Å². The summed E-state index contributed by atoms with van der Waals surface area (Å²) in [5.41, 5.74) is 2.19. The summed E-state index contributed by atoms with van der Waals surface area (Å²) in [7, 11) is 0. The number of carbonyl (C=O) groups excluding carboxylic acids is 3. The largest absolute Gasteiger partial charge is 0.326 e. The Balaban J connectivity index is 1.41. The molecule has 0 unspecified atom stereocenters. The van der Waals surface area contributed by atoms with Gasteiger partial charge in [-0.3, -0.25) is 14.4 Å². The lowest BCUT2D eigenvalue weighted by Gasteiger charge is -2.23. The number of nitrogens with zero attached hydrogens (tertiary/aromatic N) is 1. The predicted octanol–water partition coefficient (Wildman–Crippen LogP) is 3.26. The lowest BCUT2D eigenvalue weighted by atomic mass is 10.2. The van der Waals surface area contributed by atoms with Crippen LogP contribution in [0.15, 0.2) is 53.4 Å². The SMILES string of the molecule is O=C(C[C@@H]1Sc2ccccc2NC1=O)Nc1cccc(N2CCCC2=O)c1. The maximum Gasteiger partial charge on any atom is 0.238 e. The first-order valence-corrected chi connectivity index (χ1v) is 9.75. The van der Waals surface area contributed by atoms with E-state index < -0.39 is 5.25 Å². The van der Waals surface area contributed by atoms with Crippen molar-refractivity contribution in [3.8, 4) is 0 Å². The molecule has 2 heterocycles. The van der Waals surface area contributed by atoms with E-state index in [0.29, 0.717) is 18.7 Å². The van der Waals surface area contributed by atoms with Crippen LogP contribution in [0.5, 0.6) is 0 Å². The van der Waals surface area contributed by atoms with Crippen LogP contribution in [0.3, 0.4) is 0 Å². The van der Waals surface area contributed by atoms with E-state index in [4.69, 9.17) is 0 Å². The highest BCUT2D eigenvalue weighted by atomic mass is 32.2. The highest BCUT2D eigenvalue weighted by Crippen LogP contribution is 2.36. The molecule has 0 spiro atoms. The summed E-state index contributed by atoms with van der Waals surface area (Å²) < 4.78 is 0. The molecule has 27 heavy (non-hydrogen) atoms. The molecule has 2 aliphatic heterocycles. The molecule has 7 heteroatoms. The monoisotopic (exact) mass is 381 g/mol. The van der Waals surface area contributed by atoms with Crippen molar-refractivity contribution in [1.29, 1.82) is 0 Å². The smallest absolute Gasteiger partial charge is 0.238 e. The molecule has 2 aromatic carbocycles. The van der Waals surface area contributed by atoms with Crippen LogP contribution in [0.25, 0.3) is 0 Å². The quantitative estimate of drug-likeness (QED) is 0.852. The normalized spacial score (nSPS) is 18.8. The summed E-state index contributed by atoms with van der Waals surface area (Å²) in [4.78, 5) is 39.3. The Labute approximate surface area is 161 Å². The number of nitrogens with one attached hydrogen (secondary N) is 2. The van der Waals surface area contributed by atoms with Gasteiger partial charge in [-0.05, 0) is 36.8 Å². The van der Waals surface area contributed by atoms with Crippen LogP contribution >= 0.6 is 11.8 Å². The minimum absolute atomic E-state index is 0.0811. The third-order valence-electron chi connectivity index (χ3n) is 4.59. The molecule has 2 aliphatic rings. The van der Waals surface area contributed by atoms with Crippen molar-refractivity contribution in [3.05, 3.63) is 48.5 Å². The van der Waals surface area contributed by atoms with Crippen LogP contribution in [-0.4, -0.2) is 29.5 Å². The Kier molecular flexibility index (Phi) is 4.85. The van der Waals surface area contributed by atoms with Gasteiger partial charge in [0, 0.05) is 35.7 Å². The van der Waals surface area contributed by atoms with Gasteiger partial charge in [0.15, 0.2) is 0 Å². The third-order valence-corrected chi connectivity index (χ3v) is 5.87. The first-order valence-electron chi connectivity index (χ1n) is 8.87. The van der Waals surface area contributed by atoms with Crippen LogP contribution in [0.4, 0.5) is 17.1 Å².